The van der Waals surface area contributed by atoms with Gasteiger partial charge in [-0.25, -0.2) is 8.42 Å². The second-order valence-corrected chi connectivity index (χ2v) is 8.86. The first-order chi connectivity index (χ1) is 11.4. The third-order valence-corrected chi connectivity index (χ3v) is 6.56. The van der Waals surface area contributed by atoms with Gasteiger partial charge in [0.25, 0.3) is 11.8 Å². The summed E-state index contributed by atoms with van der Waals surface area (Å²) in [5.74, 6) is -0.433. The zero-order valence-corrected chi connectivity index (χ0v) is 14.6. The van der Waals surface area contributed by atoms with E-state index in [1.165, 1.54) is 11.2 Å². The molecule has 2 aliphatic heterocycles. The lowest BCUT2D eigenvalue weighted by molar-refractivity contribution is 0.0646. The molecule has 2 amide bonds. The first-order valence-electron chi connectivity index (χ1n) is 8.24. The van der Waals surface area contributed by atoms with E-state index in [9.17, 15) is 18.0 Å². The molecule has 7 heteroatoms. The van der Waals surface area contributed by atoms with Crippen LogP contribution in [0.25, 0.3) is 0 Å². The van der Waals surface area contributed by atoms with E-state index in [0.717, 1.165) is 19.6 Å². The molecule has 1 fully saturated rings. The van der Waals surface area contributed by atoms with Crippen molar-refractivity contribution < 1.29 is 18.0 Å². The topological polar surface area (TPSA) is 74.8 Å². The summed E-state index contributed by atoms with van der Waals surface area (Å²) in [6.45, 7) is 2.67. The average molecular weight is 350 g/mol. The Morgan fingerprint density at radius 2 is 1.54 bits per heavy atom. The predicted molar refractivity (Wildman–Crippen MR) is 90.7 cm³/mol. The van der Waals surface area contributed by atoms with Gasteiger partial charge >= 0.3 is 0 Å². The van der Waals surface area contributed by atoms with Gasteiger partial charge in [-0.2, -0.15) is 0 Å². The number of hydrogen-bond donors (Lipinski definition) is 0. The van der Waals surface area contributed by atoms with Crippen LogP contribution in [0.1, 0.15) is 40.0 Å². The molecular formula is C17H22N2O4S. The molecule has 2 aliphatic rings. The Labute approximate surface area is 142 Å². The molecule has 0 aliphatic carbocycles. The maximum absolute atomic E-state index is 12.3. The molecule has 0 aromatic heterocycles. The molecule has 3 rings (SSSR count). The van der Waals surface area contributed by atoms with Crippen LogP contribution in [-0.2, 0) is 9.84 Å². The second-order valence-electron chi connectivity index (χ2n) is 6.53. The van der Waals surface area contributed by atoms with Gasteiger partial charge in [-0.15, -0.1) is 0 Å². The second kappa shape index (κ2) is 6.64. The van der Waals surface area contributed by atoms with E-state index in [0.29, 0.717) is 36.9 Å². The van der Waals surface area contributed by atoms with E-state index in [2.05, 4.69) is 4.90 Å². The predicted octanol–water partition coefficient (Wildman–Crippen LogP) is 1.18. The van der Waals surface area contributed by atoms with Crippen molar-refractivity contribution in [1.29, 1.82) is 0 Å². The van der Waals surface area contributed by atoms with Crippen LogP contribution in [0.3, 0.4) is 0 Å². The highest BCUT2D eigenvalue weighted by Gasteiger charge is 2.34. The average Bonchev–Trinajstić information content (AvgIpc) is 2.80. The fourth-order valence-electron chi connectivity index (χ4n) is 3.46. The summed E-state index contributed by atoms with van der Waals surface area (Å²) >= 11 is 0. The third-order valence-electron chi connectivity index (χ3n) is 4.87. The van der Waals surface area contributed by atoms with Gasteiger partial charge in [0.15, 0.2) is 0 Å². The maximum atomic E-state index is 12.3. The highest BCUT2D eigenvalue weighted by Crippen LogP contribution is 2.23. The van der Waals surface area contributed by atoms with Crippen LogP contribution in [0.15, 0.2) is 24.3 Å². The summed E-state index contributed by atoms with van der Waals surface area (Å²) < 4.78 is 23.1. The number of amides is 2. The number of fused-ring (bicyclic) bond motifs is 1. The lowest BCUT2D eigenvalue weighted by Gasteiger charge is -2.31. The number of sulfone groups is 1. The van der Waals surface area contributed by atoms with E-state index in [1.54, 1.807) is 24.3 Å². The standard InChI is InChI=1S/C17H22N2O4S/c1-24(22,23)13-7-11-18(12-8-13)9-4-10-19-16(20)14-5-2-3-6-15(14)17(19)21/h2-3,5-6,13H,4,7-12H2,1H3. The van der Waals surface area contributed by atoms with Crippen LogP contribution in [0.5, 0.6) is 0 Å². The van der Waals surface area contributed by atoms with E-state index in [-0.39, 0.29) is 17.1 Å². The summed E-state index contributed by atoms with van der Waals surface area (Å²) in [6, 6.07) is 6.90. The molecule has 0 saturated carbocycles. The fraction of sp³-hybridized carbons (Fsp3) is 0.529. The first-order valence-corrected chi connectivity index (χ1v) is 10.2. The molecule has 2 heterocycles. The van der Waals surface area contributed by atoms with Crippen molar-refractivity contribution >= 4 is 21.7 Å². The summed E-state index contributed by atoms with van der Waals surface area (Å²) in [5, 5.41) is -0.231. The number of likely N-dealkylation sites (tertiary alicyclic amines) is 1. The van der Waals surface area contributed by atoms with Crippen molar-refractivity contribution in [1.82, 2.24) is 9.80 Å². The summed E-state index contributed by atoms with van der Waals surface area (Å²) in [5.41, 5.74) is 0.966. The number of nitrogens with zero attached hydrogens (tertiary/aromatic N) is 2. The van der Waals surface area contributed by atoms with Gasteiger partial charge in [-0.3, -0.25) is 14.5 Å². The number of hydrogen-bond acceptors (Lipinski definition) is 5. The molecule has 1 aromatic rings. The number of imide groups is 1. The Bertz CT molecular complexity index is 717. The van der Waals surface area contributed by atoms with Crippen molar-refractivity contribution in [2.45, 2.75) is 24.5 Å². The van der Waals surface area contributed by atoms with E-state index in [4.69, 9.17) is 0 Å². The van der Waals surface area contributed by atoms with Gasteiger partial charge < -0.3 is 4.90 Å². The largest absolute Gasteiger partial charge is 0.303 e. The molecule has 0 N–H and O–H groups in total. The minimum absolute atomic E-state index is 0.216. The number of carbonyl (C=O) groups excluding carboxylic acids is 2. The molecule has 0 spiro atoms. The molecule has 0 bridgehead atoms. The molecule has 0 atom stereocenters. The Morgan fingerprint density at radius 1 is 1.00 bits per heavy atom. The SMILES string of the molecule is CS(=O)(=O)C1CCN(CCCN2C(=O)c3ccccc3C2=O)CC1. The van der Waals surface area contributed by atoms with Crippen LogP contribution >= 0.6 is 0 Å². The van der Waals surface area contributed by atoms with Crippen LogP contribution in [0, 0.1) is 0 Å². The van der Waals surface area contributed by atoms with Crippen LogP contribution in [0.2, 0.25) is 0 Å². The molecular weight excluding hydrogens is 328 g/mol. The Hall–Kier alpha value is -1.73. The lowest BCUT2D eigenvalue weighted by Crippen LogP contribution is -2.40. The van der Waals surface area contributed by atoms with Crippen molar-refractivity contribution in [3.05, 3.63) is 35.4 Å². The van der Waals surface area contributed by atoms with Crippen molar-refractivity contribution in [2.24, 2.45) is 0 Å². The Morgan fingerprint density at radius 3 is 2.04 bits per heavy atom. The van der Waals surface area contributed by atoms with Gasteiger partial charge in [0.05, 0.1) is 16.4 Å². The van der Waals surface area contributed by atoms with Gasteiger partial charge in [0.2, 0.25) is 0 Å². The van der Waals surface area contributed by atoms with Gasteiger partial charge in [0.1, 0.15) is 9.84 Å². The molecule has 0 unspecified atom stereocenters. The van der Waals surface area contributed by atoms with Crippen LogP contribution in [0.4, 0.5) is 0 Å². The highest BCUT2D eigenvalue weighted by atomic mass is 32.2. The molecule has 130 valence electrons. The summed E-state index contributed by atoms with van der Waals surface area (Å²) in [6.07, 6.45) is 3.32. The molecule has 1 saturated heterocycles. The Kier molecular flexibility index (Phi) is 4.73. The quantitative estimate of drug-likeness (QED) is 0.746. The number of piperidine rings is 1. The number of rotatable bonds is 5. The molecule has 0 radical (unpaired) electrons. The first kappa shape index (κ1) is 17.1. The van der Waals surface area contributed by atoms with Crippen LogP contribution in [-0.4, -0.2) is 67.7 Å². The minimum atomic E-state index is -2.95. The summed E-state index contributed by atoms with van der Waals surface area (Å²) in [4.78, 5) is 28.1. The molecule has 6 nitrogen and oxygen atoms in total. The fourth-order valence-corrected chi connectivity index (χ4v) is 4.52. The molecule has 1 aromatic carbocycles. The minimum Gasteiger partial charge on any atom is -0.303 e. The third kappa shape index (κ3) is 3.37. The Balaban J connectivity index is 1.49. The monoisotopic (exact) mass is 350 g/mol. The number of carbonyl (C=O) groups is 2. The highest BCUT2D eigenvalue weighted by molar-refractivity contribution is 7.91. The smallest absolute Gasteiger partial charge is 0.261 e. The van der Waals surface area contributed by atoms with Crippen molar-refractivity contribution in [3.63, 3.8) is 0 Å². The zero-order chi connectivity index (χ0) is 17.3. The van der Waals surface area contributed by atoms with Crippen LogP contribution < -0.4 is 0 Å². The normalized spacial score (nSPS) is 19.8. The van der Waals surface area contributed by atoms with Gasteiger partial charge in [-0.05, 0) is 51.0 Å². The lowest BCUT2D eigenvalue weighted by atomic mass is 10.1. The summed E-state index contributed by atoms with van der Waals surface area (Å²) in [7, 11) is -2.95. The van der Waals surface area contributed by atoms with E-state index >= 15 is 0 Å². The van der Waals surface area contributed by atoms with E-state index in [1.807, 2.05) is 0 Å². The van der Waals surface area contributed by atoms with Gasteiger partial charge in [-0.1, -0.05) is 12.1 Å². The van der Waals surface area contributed by atoms with Gasteiger partial charge in [0, 0.05) is 12.8 Å². The van der Waals surface area contributed by atoms with Crippen molar-refractivity contribution in [3.8, 4) is 0 Å². The van der Waals surface area contributed by atoms with E-state index < -0.39 is 9.84 Å². The number of benzene rings is 1. The maximum Gasteiger partial charge on any atom is 0.261 e. The molecule has 24 heavy (non-hydrogen) atoms. The van der Waals surface area contributed by atoms with Crippen molar-refractivity contribution in [2.75, 3.05) is 32.4 Å². The zero-order valence-electron chi connectivity index (χ0n) is 13.8.